The van der Waals surface area contributed by atoms with E-state index in [4.69, 9.17) is 4.74 Å². The maximum Gasteiger partial charge on any atom is 0.253 e. The van der Waals surface area contributed by atoms with Crippen LogP contribution in [-0.2, 0) is 4.74 Å². The molecule has 0 spiro atoms. The third kappa shape index (κ3) is 2.34. The molecule has 1 N–H and O–H groups in total. The Morgan fingerprint density at radius 1 is 1.24 bits per heavy atom. The first-order valence-electron chi connectivity index (χ1n) is 6.15. The van der Waals surface area contributed by atoms with Crippen molar-refractivity contribution in [2.75, 3.05) is 43.1 Å². The highest BCUT2D eigenvalue weighted by atomic mass is 16.5. The van der Waals surface area contributed by atoms with Gasteiger partial charge in [-0.1, -0.05) is 13.3 Å². The zero-order valence-corrected chi connectivity index (χ0v) is 10.1. The average Bonchev–Trinajstić information content (AvgIpc) is 2.38. The van der Waals surface area contributed by atoms with Crippen molar-refractivity contribution in [3.05, 3.63) is 20.4 Å². The maximum atomic E-state index is 11.6. The number of nitrogens with zero attached hydrogens (tertiary/aromatic N) is 1. The molecule has 1 aliphatic rings. The summed E-state index contributed by atoms with van der Waals surface area (Å²) in [7, 11) is 0. The van der Waals surface area contributed by atoms with Crippen molar-refractivity contribution >= 4 is 11.4 Å². The Hall–Kier alpha value is -1.36. The van der Waals surface area contributed by atoms with Crippen LogP contribution >= 0.6 is 0 Å². The Labute approximate surface area is 100 Å². The van der Waals surface area contributed by atoms with Crippen molar-refractivity contribution in [2.24, 2.45) is 0 Å². The molecule has 1 saturated heterocycles. The molecule has 0 saturated carbocycles. The van der Waals surface area contributed by atoms with Crippen LogP contribution in [0.5, 0.6) is 0 Å². The first-order chi connectivity index (χ1) is 8.25. The van der Waals surface area contributed by atoms with Crippen molar-refractivity contribution in [3.63, 3.8) is 0 Å². The number of rotatable bonds is 5. The van der Waals surface area contributed by atoms with E-state index in [2.05, 4.69) is 12.2 Å². The van der Waals surface area contributed by atoms with Gasteiger partial charge in [0.25, 0.3) is 10.9 Å². The van der Waals surface area contributed by atoms with Crippen LogP contribution < -0.4 is 21.1 Å². The molecule has 0 radical (unpaired) electrons. The van der Waals surface area contributed by atoms with Crippen molar-refractivity contribution in [3.8, 4) is 0 Å². The summed E-state index contributed by atoms with van der Waals surface area (Å²) in [5.74, 6) is 0. The summed E-state index contributed by atoms with van der Waals surface area (Å²) in [6, 6.07) is 0. The Morgan fingerprint density at radius 2 is 1.94 bits per heavy atom. The van der Waals surface area contributed by atoms with Gasteiger partial charge in [-0.05, 0) is 6.42 Å². The van der Waals surface area contributed by atoms with Crippen LogP contribution in [0.25, 0.3) is 0 Å². The van der Waals surface area contributed by atoms with Crippen LogP contribution in [0.4, 0.5) is 11.4 Å². The predicted octanol–water partition coefficient (Wildman–Crippen LogP) is 0.331. The van der Waals surface area contributed by atoms with Crippen LogP contribution in [0.1, 0.15) is 19.8 Å². The Bertz CT molecular complexity index is 443. The lowest BCUT2D eigenvalue weighted by atomic mass is 10.1. The molecule has 0 amide bonds. The molecule has 1 aliphatic heterocycles. The standard InChI is InChI=1S/C12H18N2O3/c1-2-3-4-13-9-10(12(16)11(9)15)14-5-7-17-8-6-14/h13H,2-8H2,1H3. The highest BCUT2D eigenvalue weighted by Crippen LogP contribution is 2.20. The van der Waals surface area contributed by atoms with Gasteiger partial charge in [0.2, 0.25) is 0 Å². The topological polar surface area (TPSA) is 58.6 Å². The van der Waals surface area contributed by atoms with Crippen LogP contribution in [-0.4, -0.2) is 32.8 Å². The van der Waals surface area contributed by atoms with E-state index >= 15 is 0 Å². The van der Waals surface area contributed by atoms with Crippen molar-refractivity contribution in [1.82, 2.24) is 0 Å². The predicted molar refractivity (Wildman–Crippen MR) is 67.8 cm³/mol. The van der Waals surface area contributed by atoms with Gasteiger partial charge in [-0.25, -0.2) is 0 Å². The SMILES string of the molecule is CCCCNc1c(N2CCOCC2)c(=O)c1=O. The average molecular weight is 238 g/mol. The molecule has 1 aromatic rings. The van der Waals surface area contributed by atoms with E-state index in [0.29, 0.717) is 37.7 Å². The van der Waals surface area contributed by atoms with Crippen LogP contribution in [0.2, 0.25) is 0 Å². The largest absolute Gasteiger partial charge is 0.380 e. The molecular formula is C12H18N2O3. The third-order valence-electron chi connectivity index (χ3n) is 3.04. The minimum absolute atomic E-state index is 0.356. The molecule has 1 heterocycles. The highest BCUT2D eigenvalue weighted by molar-refractivity contribution is 5.75. The Kier molecular flexibility index (Phi) is 3.78. The van der Waals surface area contributed by atoms with Gasteiger partial charge < -0.3 is 15.0 Å². The number of hydrogen-bond donors (Lipinski definition) is 1. The fraction of sp³-hybridized carbons (Fsp3) is 0.667. The maximum absolute atomic E-state index is 11.6. The number of unbranched alkanes of at least 4 members (excludes halogenated alkanes) is 1. The third-order valence-corrected chi connectivity index (χ3v) is 3.04. The number of ether oxygens (including phenoxy) is 1. The van der Waals surface area contributed by atoms with Gasteiger partial charge in [-0.2, -0.15) is 0 Å². The van der Waals surface area contributed by atoms with Gasteiger partial charge >= 0.3 is 0 Å². The lowest BCUT2D eigenvalue weighted by Gasteiger charge is -2.30. The molecule has 1 fully saturated rings. The molecule has 0 bridgehead atoms. The normalized spacial score (nSPS) is 16.4. The molecule has 0 aromatic heterocycles. The van der Waals surface area contributed by atoms with Crippen molar-refractivity contribution < 1.29 is 4.74 Å². The molecule has 5 heteroatoms. The van der Waals surface area contributed by atoms with E-state index in [-0.39, 0.29) is 10.9 Å². The van der Waals surface area contributed by atoms with E-state index in [1.807, 2.05) is 4.90 Å². The highest BCUT2D eigenvalue weighted by Gasteiger charge is 2.26. The summed E-state index contributed by atoms with van der Waals surface area (Å²) in [6.07, 6.45) is 2.07. The number of anilines is 2. The van der Waals surface area contributed by atoms with Crippen LogP contribution in [0.3, 0.4) is 0 Å². The Balaban J connectivity index is 2.08. The lowest BCUT2D eigenvalue weighted by Crippen LogP contribution is -2.47. The first kappa shape index (κ1) is 12.1. The second-order valence-corrected chi connectivity index (χ2v) is 4.26. The summed E-state index contributed by atoms with van der Waals surface area (Å²) in [5, 5.41) is 3.07. The summed E-state index contributed by atoms with van der Waals surface area (Å²) in [4.78, 5) is 25.0. The monoisotopic (exact) mass is 238 g/mol. The fourth-order valence-corrected chi connectivity index (χ4v) is 2.02. The van der Waals surface area contributed by atoms with E-state index in [9.17, 15) is 9.59 Å². The van der Waals surface area contributed by atoms with E-state index in [1.54, 1.807) is 0 Å². The van der Waals surface area contributed by atoms with Crippen LogP contribution in [0, 0.1) is 0 Å². The van der Waals surface area contributed by atoms with E-state index in [0.717, 1.165) is 19.4 Å². The molecule has 0 atom stereocenters. The van der Waals surface area contributed by atoms with Gasteiger partial charge in [0, 0.05) is 19.6 Å². The second-order valence-electron chi connectivity index (χ2n) is 4.26. The van der Waals surface area contributed by atoms with Gasteiger partial charge in [0.05, 0.1) is 13.2 Å². The minimum Gasteiger partial charge on any atom is -0.380 e. The molecular weight excluding hydrogens is 220 g/mol. The van der Waals surface area contributed by atoms with Gasteiger partial charge in [0.1, 0.15) is 11.4 Å². The van der Waals surface area contributed by atoms with E-state index in [1.165, 1.54) is 0 Å². The number of hydrogen-bond acceptors (Lipinski definition) is 5. The minimum atomic E-state index is -0.373. The molecule has 5 nitrogen and oxygen atoms in total. The summed E-state index contributed by atoms with van der Waals surface area (Å²) in [5.41, 5.74) is 0.341. The Morgan fingerprint density at radius 3 is 2.59 bits per heavy atom. The quantitative estimate of drug-likeness (QED) is 0.592. The zero-order chi connectivity index (χ0) is 12.3. The van der Waals surface area contributed by atoms with Gasteiger partial charge in [-0.3, -0.25) is 9.59 Å². The smallest absolute Gasteiger partial charge is 0.253 e. The summed E-state index contributed by atoms with van der Waals surface area (Å²) >= 11 is 0. The molecule has 0 aliphatic carbocycles. The molecule has 94 valence electrons. The molecule has 1 aromatic carbocycles. The van der Waals surface area contributed by atoms with Crippen LogP contribution in [0.15, 0.2) is 9.59 Å². The zero-order valence-electron chi connectivity index (χ0n) is 10.1. The molecule has 17 heavy (non-hydrogen) atoms. The van der Waals surface area contributed by atoms with Crippen molar-refractivity contribution in [2.45, 2.75) is 19.8 Å². The van der Waals surface area contributed by atoms with E-state index < -0.39 is 0 Å². The number of nitrogens with one attached hydrogen (secondary N) is 1. The second kappa shape index (κ2) is 5.31. The fourth-order valence-electron chi connectivity index (χ4n) is 2.02. The van der Waals surface area contributed by atoms with Gasteiger partial charge in [-0.15, -0.1) is 0 Å². The molecule has 2 rings (SSSR count). The molecule has 0 unspecified atom stereocenters. The lowest BCUT2D eigenvalue weighted by molar-refractivity contribution is 0.122. The summed E-state index contributed by atoms with van der Waals surface area (Å²) in [6.45, 7) is 5.45. The van der Waals surface area contributed by atoms with Crippen molar-refractivity contribution in [1.29, 1.82) is 0 Å². The van der Waals surface area contributed by atoms with Gasteiger partial charge in [0.15, 0.2) is 0 Å². The summed E-state index contributed by atoms with van der Waals surface area (Å²) < 4.78 is 5.23. The first-order valence-corrected chi connectivity index (χ1v) is 6.15. The number of morpholine rings is 1.